The van der Waals surface area contributed by atoms with E-state index >= 15 is 0 Å². The Balaban J connectivity index is 3.47. The highest BCUT2D eigenvalue weighted by Gasteiger charge is 2.04. The molecule has 0 saturated heterocycles. The highest BCUT2D eigenvalue weighted by atomic mass is 127. The second-order valence-electron chi connectivity index (χ2n) is 2.70. The number of halogens is 1. The SMILES string of the molecule is C=CS(=O)(=O)CCCCCC(=O)I. The van der Waals surface area contributed by atoms with Crippen molar-refractivity contribution in [1.82, 2.24) is 0 Å². The first-order valence-corrected chi connectivity index (χ1v) is 6.81. The van der Waals surface area contributed by atoms with Crippen molar-refractivity contribution in [3.63, 3.8) is 0 Å². The topological polar surface area (TPSA) is 51.2 Å². The van der Waals surface area contributed by atoms with E-state index in [1.807, 2.05) is 0 Å². The van der Waals surface area contributed by atoms with Crippen molar-refractivity contribution in [2.45, 2.75) is 25.7 Å². The predicted molar refractivity (Wildman–Crippen MR) is 61.5 cm³/mol. The first-order chi connectivity index (χ1) is 5.98. The van der Waals surface area contributed by atoms with Gasteiger partial charge in [0.15, 0.2) is 13.6 Å². The lowest BCUT2D eigenvalue weighted by atomic mass is 10.2. The molecular weight excluding hydrogens is 303 g/mol. The molecule has 0 spiro atoms. The molecule has 0 rings (SSSR count). The number of hydrogen-bond acceptors (Lipinski definition) is 3. The van der Waals surface area contributed by atoms with Crippen LogP contribution < -0.4 is 0 Å². The quantitative estimate of drug-likeness (QED) is 0.410. The summed E-state index contributed by atoms with van der Waals surface area (Å²) in [7, 11) is -3.04. The van der Waals surface area contributed by atoms with E-state index < -0.39 is 9.84 Å². The van der Waals surface area contributed by atoms with E-state index in [0.29, 0.717) is 12.8 Å². The second-order valence-corrected chi connectivity index (χ2v) is 5.97. The Kier molecular flexibility index (Phi) is 6.58. The zero-order chi connectivity index (χ0) is 10.3. The summed E-state index contributed by atoms with van der Waals surface area (Å²) in [5, 5.41) is 0.983. The van der Waals surface area contributed by atoms with E-state index in [4.69, 9.17) is 0 Å². The molecule has 13 heavy (non-hydrogen) atoms. The number of sulfone groups is 1. The molecule has 0 aliphatic heterocycles. The van der Waals surface area contributed by atoms with Gasteiger partial charge >= 0.3 is 0 Å². The fourth-order valence-corrected chi connectivity index (χ4v) is 1.98. The molecule has 0 fully saturated rings. The van der Waals surface area contributed by atoms with Gasteiger partial charge in [0.25, 0.3) is 0 Å². The summed E-state index contributed by atoms with van der Waals surface area (Å²) in [6, 6.07) is 0. The van der Waals surface area contributed by atoms with Gasteiger partial charge in [-0.1, -0.05) is 13.0 Å². The average molecular weight is 316 g/mol. The van der Waals surface area contributed by atoms with Crippen molar-refractivity contribution in [3.05, 3.63) is 12.0 Å². The maximum absolute atomic E-state index is 10.9. The van der Waals surface area contributed by atoms with Crippen molar-refractivity contribution in [2.75, 3.05) is 5.75 Å². The lowest BCUT2D eigenvalue weighted by Gasteiger charge is -1.97. The summed E-state index contributed by atoms with van der Waals surface area (Å²) in [4.78, 5) is 10.5. The van der Waals surface area contributed by atoms with E-state index in [1.165, 1.54) is 0 Å². The third kappa shape index (κ3) is 8.42. The molecule has 0 heterocycles. The minimum absolute atomic E-state index is 0.129. The maximum atomic E-state index is 10.9. The normalized spacial score (nSPS) is 11.2. The number of carbonyl (C=O) groups is 1. The third-order valence-electron chi connectivity index (χ3n) is 1.56. The van der Waals surface area contributed by atoms with Gasteiger partial charge in [0.2, 0.25) is 0 Å². The first-order valence-electron chi connectivity index (χ1n) is 4.01. The summed E-state index contributed by atoms with van der Waals surface area (Å²) in [6.45, 7) is 3.22. The van der Waals surface area contributed by atoms with Crippen LogP contribution in [0.3, 0.4) is 0 Å². The Morgan fingerprint density at radius 2 is 1.92 bits per heavy atom. The molecule has 0 atom stereocenters. The van der Waals surface area contributed by atoms with Gasteiger partial charge in [-0.3, -0.25) is 4.79 Å². The van der Waals surface area contributed by atoms with Crippen LogP contribution in [0.4, 0.5) is 0 Å². The van der Waals surface area contributed by atoms with Gasteiger partial charge in [0.1, 0.15) is 0 Å². The van der Waals surface area contributed by atoms with Crippen LogP contribution in [-0.2, 0) is 14.6 Å². The second kappa shape index (κ2) is 6.53. The molecule has 0 radical (unpaired) electrons. The molecule has 0 aliphatic rings. The molecule has 0 bridgehead atoms. The van der Waals surface area contributed by atoms with Gasteiger partial charge < -0.3 is 0 Å². The van der Waals surface area contributed by atoms with Gasteiger partial charge in [-0.2, -0.15) is 0 Å². The van der Waals surface area contributed by atoms with Crippen LogP contribution in [0.15, 0.2) is 12.0 Å². The largest absolute Gasteiger partial charge is 0.288 e. The Morgan fingerprint density at radius 3 is 2.38 bits per heavy atom. The molecule has 0 aliphatic carbocycles. The molecule has 0 aromatic rings. The van der Waals surface area contributed by atoms with Crippen molar-refractivity contribution in [3.8, 4) is 0 Å². The lowest BCUT2D eigenvalue weighted by molar-refractivity contribution is -0.109. The van der Waals surface area contributed by atoms with Crippen molar-refractivity contribution < 1.29 is 13.2 Å². The predicted octanol–water partition coefficient (Wildman–Crippen LogP) is 2.07. The van der Waals surface area contributed by atoms with Crippen LogP contribution in [0.2, 0.25) is 0 Å². The van der Waals surface area contributed by atoms with Crippen molar-refractivity contribution >= 4 is 36.2 Å². The molecule has 0 unspecified atom stereocenters. The number of rotatable bonds is 7. The first kappa shape index (κ1) is 13.1. The van der Waals surface area contributed by atoms with E-state index in [0.717, 1.165) is 18.2 Å². The van der Waals surface area contributed by atoms with Gasteiger partial charge in [-0.15, -0.1) is 0 Å². The molecule has 0 aromatic carbocycles. The van der Waals surface area contributed by atoms with Gasteiger partial charge in [-0.05, 0) is 35.4 Å². The average Bonchev–Trinajstić information content (AvgIpc) is 2.03. The van der Waals surface area contributed by atoms with Crippen LogP contribution >= 0.6 is 22.6 Å². The van der Waals surface area contributed by atoms with E-state index in [9.17, 15) is 13.2 Å². The van der Waals surface area contributed by atoms with Crippen molar-refractivity contribution in [1.29, 1.82) is 0 Å². The minimum atomic E-state index is -3.04. The van der Waals surface area contributed by atoms with Gasteiger partial charge in [0, 0.05) is 11.8 Å². The monoisotopic (exact) mass is 316 g/mol. The summed E-state index contributed by atoms with van der Waals surface area (Å²) < 4.78 is 21.9. The van der Waals surface area contributed by atoms with E-state index in [1.54, 1.807) is 22.6 Å². The summed E-state index contributed by atoms with van der Waals surface area (Å²) >= 11 is 1.74. The van der Waals surface area contributed by atoms with Crippen LogP contribution in [0.1, 0.15) is 25.7 Å². The zero-order valence-electron chi connectivity index (χ0n) is 7.33. The van der Waals surface area contributed by atoms with E-state index in [-0.39, 0.29) is 9.54 Å². The highest BCUT2D eigenvalue weighted by Crippen LogP contribution is 2.06. The smallest absolute Gasteiger partial charge is 0.192 e. The number of hydrogen-bond donors (Lipinski definition) is 0. The molecule has 0 aromatic heterocycles. The maximum Gasteiger partial charge on any atom is 0.192 e. The highest BCUT2D eigenvalue weighted by molar-refractivity contribution is 14.1. The van der Waals surface area contributed by atoms with Crippen molar-refractivity contribution in [2.24, 2.45) is 0 Å². The third-order valence-corrected chi connectivity index (χ3v) is 3.46. The number of carbonyl (C=O) groups excluding carboxylic acids is 1. The van der Waals surface area contributed by atoms with E-state index in [2.05, 4.69) is 6.58 Å². The molecule has 0 N–H and O–H groups in total. The molecule has 0 amide bonds. The molecule has 3 nitrogen and oxygen atoms in total. The Hall–Kier alpha value is 0.0900. The fraction of sp³-hybridized carbons (Fsp3) is 0.625. The zero-order valence-corrected chi connectivity index (χ0v) is 10.3. The standard InChI is InChI=1S/C8H13IO3S/c1-2-13(11,12)7-5-3-4-6-8(9)10/h2H,1,3-7H2. The van der Waals surface area contributed by atoms with Crippen LogP contribution in [-0.4, -0.2) is 18.0 Å². The van der Waals surface area contributed by atoms with Crippen LogP contribution in [0.5, 0.6) is 0 Å². The Labute approximate surface area is 92.7 Å². The lowest BCUT2D eigenvalue weighted by Crippen LogP contribution is -2.01. The molecule has 0 saturated carbocycles. The van der Waals surface area contributed by atoms with Gasteiger partial charge in [-0.25, -0.2) is 8.42 Å². The van der Waals surface area contributed by atoms with Gasteiger partial charge in [0.05, 0.1) is 5.75 Å². The molecular formula is C8H13IO3S. The minimum Gasteiger partial charge on any atom is -0.288 e. The summed E-state index contributed by atoms with van der Waals surface area (Å²) in [5.41, 5.74) is 0. The van der Waals surface area contributed by atoms with Crippen LogP contribution in [0, 0.1) is 0 Å². The summed E-state index contributed by atoms with van der Waals surface area (Å²) in [5.74, 6) is 0.145. The fourth-order valence-electron chi connectivity index (χ4n) is 0.827. The number of unbranched alkanes of at least 4 members (excludes halogenated alkanes) is 2. The Bertz CT molecular complexity index is 269. The molecule has 5 heteroatoms. The Morgan fingerprint density at radius 1 is 1.31 bits per heavy atom. The molecule has 76 valence electrons. The van der Waals surface area contributed by atoms with Crippen LogP contribution in [0.25, 0.3) is 0 Å². The summed E-state index contributed by atoms with van der Waals surface area (Å²) in [6.07, 6.45) is 2.70.